The molecule has 0 saturated carbocycles. The summed E-state index contributed by atoms with van der Waals surface area (Å²) in [5.74, 6) is -1.49. The molecule has 0 unspecified atom stereocenters. The molecule has 1 aliphatic rings. The molecule has 1 heterocycles. The summed E-state index contributed by atoms with van der Waals surface area (Å²) in [5, 5.41) is 12.3. The first-order chi connectivity index (χ1) is 8.41. The average molecular weight is 257 g/mol. The van der Waals surface area contributed by atoms with Crippen molar-refractivity contribution in [2.24, 2.45) is 5.73 Å². The van der Waals surface area contributed by atoms with Crippen molar-refractivity contribution in [3.8, 4) is 0 Å². The van der Waals surface area contributed by atoms with Gasteiger partial charge in [-0.1, -0.05) is 5.06 Å². The molecule has 9 nitrogen and oxygen atoms in total. The van der Waals surface area contributed by atoms with E-state index in [9.17, 15) is 14.4 Å². The van der Waals surface area contributed by atoms with Crippen molar-refractivity contribution in [3.63, 3.8) is 0 Å². The van der Waals surface area contributed by atoms with Crippen LogP contribution in [-0.2, 0) is 14.4 Å². The van der Waals surface area contributed by atoms with Crippen molar-refractivity contribution >= 4 is 23.9 Å². The Morgan fingerprint density at radius 2 is 2.28 bits per heavy atom. The van der Waals surface area contributed by atoms with Gasteiger partial charge in [-0.2, -0.15) is 0 Å². The number of hydrogen-bond acceptors (Lipinski definition) is 5. The van der Waals surface area contributed by atoms with Gasteiger partial charge in [0.2, 0.25) is 0 Å². The maximum atomic E-state index is 11.7. The van der Waals surface area contributed by atoms with Gasteiger partial charge < -0.3 is 21.2 Å². The zero-order chi connectivity index (χ0) is 13.7. The Labute approximate surface area is 103 Å². The van der Waals surface area contributed by atoms with E-state index in [0.29, 0.717) is 24.4 Å². The molecule has 0 radical (unpaired) electrons. The summed E-state index contributed by atoms with van der Waals surface area (Å²) in [5.41, 5.74) is 5.08. The summed E-state index contributed by atoms with van der Waals surface area (Å²) < 4.78 is 0. The van der Waals surface area contributed by atoms with Crippen molar-refractivity contribution in [2.45, 2.75) is 25.8 Å². The van der Waals surface area contributed by atoms with Crippen LogP contribution < -0.4 is 16.4 Å². The van der Waals surface area contributed by atoms with E-state index in [0.717, 1.165) is 6.92 Å². The summed E-state index contributed by atoms with van der Waals surface area (Å²) in [7, 11) is 0. The lowest BCUT2D eigenvalue weighted by atomic mass is 10.1. The van der Waals surface area contributed by atoms with E-state index >= 15 is 0 Å². The number of nitrogens with one attached hydrogen (secondary N) is 3. The zero-order valence-electron chi connectivity index (χ0n) is 9.86. The van der Waals surface area contributed by atoms with E-state index in [1.165, 1.54) is 0 Å². The number of nitrogens with two attached hydrogens (primary N) is 1. The molecule has 1 atom stereocenters. The Kier molecular flexibility index (Phi) is 4.46. The van der Waals surface area contributed by atoms with Crippen LogP contribution in [0.3, 0.4) is 0 Å². The molecule has 0 bridgehead atoms. The summed E-state index contributed by atoms with van der Waals surface area (Å²) in [4.78, 5) is 38.1. The fraction of sp³-hybridized carbons (Fsp3) is 0.556. The number of rotatable bonds is 5. The van der Waals surface area contributed by atoms with Gasteiger partial charge >= 0.3 is 12.0 Å². The normalized spacial score (nSPS) is 18.5. The van der Waals surface area contributed by atoms with Crippen LogP contribution in [0.2, 0.25) is 0 Å². The van der Waals surface area contributed by atoms with Crippen LogP contribution in [0.15, 0.2) is 0 Å². The zero-order valence-corrected chi connectivity index (χ0v) is 9.86. The minimum atomic E-state index is -0.750. The van der Waals surface area contributed by atoms with E-state index in [1.54, 1.807) is 0 Å². The van der Waals surface area contributed by atoms with Crippen LogP contribution in [0, 0.1) is 5.41 Å². The lowest BCUT2D eigenvalue weighted by Crippen LogP contribution is -2.34. The van der Waals surface area contributed by atoms with Crippen LogP contribution in [0.4, 0.5) is 4.79 Å². The highest BCUT2D eigenvalue weighted by atomic mass is 16.7. The van der Waals surface area contributed by atoms with E-state index in [2.05, 4.69) is 15.5 Å². The van der Waals surface area contributed by atoms with Gasteiger partial charge in [0.15, 0.2) is 5.96 Å². The van der Waals surface area contributed by atoms with Crippen LogP contribution in [-0.4, -0.2) is 41.5 Å². The van der Waals surface area contributed by atoms with Crippen molar-refractivity contribution in [3.05, 3.63) is 0 Å². The smallest absolute Gasteiger partial charge is 0.359 e. The monoisotopic (exact) mass is 257 g/mol. The summed E-state index contributed by atoms with van der Waals surface area (Å²) in [6.07, 6.45) is 0.896. The predicted molar refractivity (Wildman–Crippen MR) is 60.1 cm³/mol. The fourth-order valence-electron chi connectivity index (χ4n) is 1.45. The summed E-state index contributed by atoms with van der Waals surface area (Å²) in [6.45, 7) is 1.52. The highest BCUT2D eigenvalue weighted by Crippen LogP contribution is 2.11. The van der Waals surface area contributed by atoms with Crippen LogP contribution in [0.5, 0.6) is 0 Å². The second kappa shape index (κ2) is 5.84. The first-order valence-electron chi connectivity index (χ1n) is 5.32. The highest BCUT2D eigenvalue weighted by molar-refractivity contribution is 6.03. The van der Waals surface area contributed by atoms with Gasteiger partial charge in [0.1, 0.15) is 6.04 Å². The van der Waals surface area contributed by atoms with E-state index < -0.39 is 23.9 Å². The van der Waals surface area contributed by atoms with Gasteiger partial charge in [-0.25, -0.2) is 9.59 Å². The second-order valence-corrected chi connectivity index (χ2v) is 3.70. The Morgan fingerprint density at radius 3 is 2.83 bits per heavy atom. The standard InChI is InChI=1S/C9H15N5O4/c1-5(15)18-14-7(16)6(13-9(14)17)3-2-4-12-8(10)11/h6H,2-4H2,1H3,(H,13,17)(H4,10,11,12)/t6-/m0/s1. The quantitative estimate of drug-likeness (QED) is 0.208. The highest BCUT2D eigenvalue weighted by Gasteiger charge is 2.40. The molecule has 3 amide bonds. The third kappa shape index (κ3) is 3.61. The molecule has 1 saturated heterocycles. The van der Waals surface area contributed by atoms with Crippen LogP contribution in [0.25, 0.3) is 0 Å². The molecule has 5 N–H and O–H groups in total. The Hall–Kier alpha value is -2.32. The molecule has 0 aliphatic carbocycles. The average Bonchev–Trinajstić information content (AvgIpc) is 2.51. The largest absolute Gasteiger partial charge is 0.370 e. The molecule has 18 heavy (non-hydrogen) atoms. The second-order valence-electron chi connectivity index (χ2n) is 3.70. The number of hydrogen-bond donors (Lipinski definition) is 4. The molecule has 9 heteroatoms. The van der Waals surface area contributed by atoms with Gasteiger partial charge in [0.05, 0.1) is 0 Å². The number of carbonyl (C=O) groups is 3. The minimum Gasteiger partial charge on any atom is -0.370 e. The summed E-state index contributed by atoms with van der Waals surface area (Å²) >= 11 is 0. The molecule has 0 aromatic heterocycles. The lowest BCUT2D eigenvalue weighted by Gasteiger charge is -2.10. The Morgan fingerprint density at radius 1 is 1.61 bits per heavy atom. The van der Waals surface area contributed by atoms with Gasteiger partial charge in [0, 0.05) is 13.5 Å². The van der Waals surface area contributed by atoms with Gasteiger partial charge in [-0.05, 0) is 12.8 Å². The number of urea groups is 1. The van der Waals surface area contributed by atoms with Crippen LogP contribution in [0.1, 0.15) is 19.8 Å². The molecule has 1 aliphatic heterocycles. The number of nitrogens with zero attached hydrogens (tertiary/aromatic N) is 1. The first-order valence-corrected chi connectivity index (χ1v) is 5.32. The third-order valence-corrected chi connectivity index (χ3v) is 2.19. The fourth-order valence-corrected chi connectivity index (χ4v) is 1.45. The predicted octanol–water partition coefficient (Wildman–Crippen LogP) is -1.35. The number of hydroxylamine groups is 2. The van der Waals surface area contributed by atoms with E-state index in [4.69, 9.17) is 11.1 Å². The molecule has 1 rings (SSSR count). The molecule has 0 aromatic rings. The molecular formula is C9H15N5O4. The number of amides is 3. The molecule has 0 spiro atoms. The number of imide groups is 1. The lowest BCUT2D eigenvalue weighted by molar-refractivity contribution is -0.180. The SMILES string of the molecule is CC(=O)ON1C(=O)N[C@@H](CCCNC(=N)N)C1=O. The van der Waals surface area contributed by atoms with E-state index in [-0.39, 0.29) is 5.96 Å². The van der Waals surface area contributed by atoms with Crippen molar-refractivity contribution < 1.29 is 19.2 Å². The number of guanidine groups is 1. The number of carbonyl (C=O) groups excluding carboxylic acids is 3. The van der Waals surface area contributed by atoms with Crippen molar-refractivity contribution in [1.82, 2.24) is 15.7 Å². The maximum absolute atomic E-state index is 11.7. The third-order valence-electron chi connectivity index (χ3n) is 2.19. The van der Waals surface area contributed by atoms with Gasteiger partial charge in [-0.15, -0.1) is 0 Å². The van der Waals surface area contributed by atoms with Gasteiger partial charge in [-0.3, -0.25) is 10.2 Å². The van der Waals surface area contributed by atoms with Crippen LogP contribution >= 0.6 is 0 Å². The minimum absolute atomic E-state index is 0.154. The summed E-state index contributed by atoms with van der Waals surface area (Å²) in [6, 6.07) is -1.47. The maximum Gasteiger partial charge on any atom is 0.359 e. The molecule has 1 fully saturated rings. The first kappa shape index (κ1) is 13.7. The van der Waals surface area contributed by atoms with Crippen molar-refractivity contribution in [1.29, 1.82) is 5.41 Å². The van der Waals surface area contributed by atoms with E-state index in [1.807, 2.05) is 0 Å². The Bertz CT molecular complexity index is 383. The molecular weight excluding hydrogens is 242 g/mol. The Balaban J connectivity index is 2.40. The molecule has 0 aromatic carbocycles. The van der Waals surface area contributed by atoms with Crippen molar-refractivity contribution in [2.75, 3.05) is 6.54 Å². The van der Waals surface area contributed by atoms with Gasteiger partial charge in [0.25, 0.3) is 5.91 Å². The topological polar surface area (TPSA) is 138 Å². The molecule has 100 valence electrons.